The molecule has 4 rings (SSSR count). The van der Waals surface area contributed by atoms with Crippen molar-refractivity contribution in [2.24, 2.45) is 5.92 Å². The highest BCUT2D eigenvalue weighted by molar-refractivity contribution is 5.95. The zero-order valence-corrected chi connectivity index (χ0v) is 16.8. The van der Waals surface area contributed by atoms with E-state index in [1.54, 1.807) is 6.20 Å². The molecule has 29 heavy (non-hydrogen) atoms. The van der Waals surface area contributed by atoms with Gasteiger partial charge in [0.15, 0.2) is 0 Å². The lowest BCUT2D eigenvalue weighted by Crippen LogP contribution is -2.55. The fourth-order valence-electron chi connectivity index (χ4n) is 4.00. The zero-order chi connectivity index (χ0) is 20.4. The first-order chi connectivity index (χ1) is 14.0. The molecule has 0 saturated heterocycles. The van der Waals surface area contributed by atoms with E-state index in [-0.39, 0.29) is 24.5 Å². The molecule has 1 heterocycles. The number of benzene rings is 1. The lowest BCUT2D eigenvalue weighted by molar-refractivity contribution is -0.139. The maximum Gasteiger partial charge on any atom is 0.317 e. The van der Waals surface area contributed by atoms with E-state index in [9.17, 15) is 9.59 Å². The van der Waals surface area contributed by atoms with Gasteiger partial charge < -0.3 is 10.4 Å². The molecule has 0 atom stereocenters. The molecule has 2 N–H and O–H groups in total. The van der Waals surface area contributed by atoms with Crippen molar-refractivity contribution in [2.45, 2.75) is 51.2 Å². The van der Waals surface area contributed by atoms with E-state index < -0.39 is 5.97 Å². The standard InChI is InChI=1S/C22H28N4O3/c1-15-20(11-23-26(15)13-16-5-3-2-4-6-16)22(29)24-18-9-19(10-18)25(14-21(27)28)12-17-7-8-17/h2-6,11,17-19H,7-10,12-14H2,1H3,(H,24,29)(H,27,28). The summed E-state index contributed by atoms with van der Waals surface area (Å²) in [6.45, 7) is 3.51. The third kappa shape index (κ3) is 4.85. The zero-order valence-electron chi connectivity index (χ0n) is 16.8. The second-order valence-corrected chi connectivity index (χ2v) is 8.35. The average Bonchev–Trinajstić information content (AvgIpc) is 3.40. The first kappa shape index (κ1) is 19.6. The Labute approximate surface area is 170 Å². The predicted molar refractivity (Wildman–Crippen MR) is 109 cm³/mol. The van der Waals surface area contributed by atoms with Gasteiger partial charge in [-0.1, -0.05) is 30.3 Å². The number of rotatable bonds is 9. The second-order valence-electron chi connectivity index (χ2n) is 8.35. The van der Waals surface area contributed by atoms with Gasteiger partial charge in [-0.05, 0) is 44.1 Å². The summed E-state index contributed by atoms with van der Waals surface area (Å²) in [5, 5.41) is 16.6. The number of aromatic nitrogens is 2. The maximum atomic E-state index is 12.7. The summed E-state index contributed by atoms with van der Waals surface area (Å²) in [5.74, 6) is -0.224. The fraction of sp³-hybridized carbons (Fsp3) is 0.500. The van der Waals surface area contributed by atoms with Crippen LogP contribution in [0, 0.1) is 12.8 Å². The number of carboxylic acids is 1. The van der Waals surface area contributed by atoms with Gasteiger partial charge in [0.2, 0.25) is 0 Å². The van der Waals surface area contributed by atoms with Crippen LogP contribution in [0.15, 0.2) is 36.5 Å². The van der Waals surface area contributed by atoms with Crippen LogP contribution in [0.5, 0.6) is 0 Å². The SMILES string of the molecule is Cc1c(C(=O)NC2CC(N(CC(=O)O)CC3CC3)C2)cnn1Cc1ccccc1. The summed E-state index contributed by atoms with van der Waals surface area (Å²) in [4.78, 5) is 25.9. The predicted octanol–water partition coefficient (Wildman–Crippen LogP) is 2.30. The number of nitrogens with zero attached hydrogens (tertiary/aromatic N) is 3. The van der Waals surface area contributed by atoms with Crippen LogP contribution in [0.25, 0.3) is 0 Å². The first-order valence-corrected chi connectivity index (χ1v) is 10.3. The third-order valence-electron chi connectivity index (χ3n) is 6.02. The molecule has 1 aromatic heterocycles. The van der Waals surface area contributed by atoms with Crippen molar-refractivity contribution in [3.63, 3.8) is 0 Å². The molecule has 2 fully saturated rings. The van der Waals surface area contributed by atoms with Crippen LogP contribution in [0.2, 0.25) is 0 Å². The number of nitrogens with one attached hydrogen (secondary N) is 1. The molecule has 7 nitrogen and oxygen atoms in total. The summed E-state index contributed by atoms with van der Waals surface area (Å²) < 4.78 is 1.85. The minimum atomic E-state index is -0.778. The Morgan fingerprint density at radius 2 is 1.97 bits per heavy atom. The molecule has 0 bridgehead atoms. The molecule has 2 saturated carbocycles. The fourth-order valence-corrected chi connectivity index (χ4v) is 4.00. The van der Waals surface area contributed by atoms with E-state index in [0.717, 1.165) is 30.6 Å². The van der Waals surface area contributed by atoms with Crippen LogP contribution >= 0.6 is 0 Å². The second kappa shape index (κ2) is 8.37. The van der Waals surface area contributed by atoms with Crippen molar-refractivity contribution in [1.29, 1.82) is 0 Å². The molecule has 0 spiro atoms. The van der Waals surface area contributed by atoms with Gasteiger partial charge in [-0.15, -0.1) is 0 Å². The number of carboxylic acid groups (broad SMARTS) is 1. The molecule has 7 heteroatoms. The highest BCUT2D eigenvalue weighted by Crippen LogP contribution is 2.33. The van der Waals surface area contributed by atoms with Crippen LogP contribution in [0.3, 0.4) is 0 Å². The lowest BCUT2D eigenvalue weighted by Gasteiger charge is -2.42. The molecule has 0 unspecified atom stereocenters. The van der Waals surface area contributed by atoms with Gasteiger partial charge in [0.25, 0.3) is 5.91 Å². The van der Waals surface area contributed by atoms with Crippen LogP contribution < -0.4 is 5.32 Å². The van der Waals surface area contributed by atoms with Crippen molar-refractivity contribution in [3.05, 3.63) is 53.3 Å². The summed E-state index contributed by atoms with van der Waals surface area (Å²) in [6.07, 6.45) is 5.66. The van der Waals surface area contributed by atoms with E-state index >= 15 is 0 Å². The van der Waals surface area contributed by atoms with Crippen LogP contribution in [-0.4, -0.2) is 56.8 Å². The maximum absolute atomic E-state index is 12.7. The van der Waals surface area contributed by atoms with E-state index in [1.807, 2.05) is 41.9 Å². The van der Waals surface area contributed by atoms with Gasteiger partial charge in [-0.3, -0.25) is 19.2 Å². The molecular formula is C22H28N4O3. The van der Waals surface area contributed by atoms with Crippen molar-refractivity contribution < 1.29 is 14.7 Å². The van der Waals surface area contributed by atoms with Gasteiger partial charge >= 0.3 is 5.97 Å². The quantitative estimate of drug-likeness (QED) is 0.679. The van der Waals surface area contributed by atoms with E-state index in [0.29, 0.717) is 18.0 Å². The molecule has 2 aliphatic carbocycles. The highest BCUT2D eigenvalue weighted by Gasteiger charge is 2.38. The molecule has 0 aliphatic heterocycles. The lowest BCUT2D eigenvalue weighted by atomic mass is 9.85. The minimum Gasteiger partial charge on any atom is -0.480 e. The topological polar surface area (TPSA) is 87.5 Å². The highest BCUT2D eigenvalue weighted by atomic mass is 16.4. The molecular weight excluding hydrogens is 368 g/mol. The normalized spacial score (nSPS) is 21.0. The summed E-state index contributed by atoms with van der Waals surface area (Å²) in [6, 6.07) is 10.4. The average molecular weight is 396 g/mol. The van der Waals surface area contributed by atoms with Crippen LogP contribution in [0.4, 0.5) is 0 Å². The molecule has 1 aromatic carbocycles. The summed E-state index contributed by atoms with van der Waals surface area (Å²) in [5.41, 5.74) is 2.59. The van der Waals surface area contributed by atoms with Crippen molar-refractivity contribution in [3.8, 4) is 0 Å². The minimum absolute atomic E-state index is 0.0905. The summed E-state index contributed by atoms with van der Waals surface area (Å²) in [7, 11) is 0. The van der Waals surface area contributed by atoms with Gasteiger partial charge in [-0.25, -0.2) is 0 Å². The number of carbonyl (C=O) groups is 2. The third-order valence-corrected chi connectivity index (χ3v) is 6.02. The molecule has 2 aliphatic rings. The Balaban J connectivity index is 1.30. The Kier molecular flexibility index (Phi) is 5.67. The largest absolute Gasteiger partial charge is 0.480 e. The Morgan fingerprint density at radius 1 is 1.24 bits per heavy atom. The number of amides is 1. The molecule has 0 radical (unpaired) electrons. The molecule has 154 valence electrons. The number of carbonyl (C=O) groups excluding carboxylic acids is 1. The van der Waals surface area contributed by atoms with Crippen molar-refractivity contribution in [2.75, 3.05) is 13.1 Å². The van der Waals surface area contributed by atoms with Gasteiger partial charge in [0, 0.05) is 24.3 Å². The molecule has 2 aromatic rings. The number of hydrogen-bond acceptors (Lipinski definition) is 4. The van der Waals surface area contributed by atoms with E-state index in [4.69, 9.17) is 5.11 Å². The van der Waals surface area contributed by atoms with Crippen molar-refractivity contribution in [1.82, 2.24) is 20.0 Å². The molecule has 1 amide bonds. The van der Waals surface area contributed by atoms with E-state index in [2.05, 4.69) is 15.3 Å². The Morgan fingerprint density at radius 3 is 2.62 bits per heavy atom. The Bertz CT molecular complexity index is 869. The summed E-state index contributed by atoms with van der Waals surface area (Å²) >= 11 is 0. The van der Waals surface area contributed by atoms with Gasteiger partial charge in [-0.2, -0.15) is 5.10 Å². The number of aliphatic carboxylic acids is 1. The van der Waals surface area contributed by atoms with Crippen molar-refractivity contribution >= 4 is 11.9 Å². The van der Waals surface area contributed by atoms with Crippen LogP contribution in [-0.2, 0) is 11.3 Å². The van der Waals surface area contributed by atoms with Crippen LogP contribution in [0.1, 0.15) is 47.3 Å². The van der Waals surface area contributed by atoms with E-state index in [1.165, 1.54) is 12.8 Å². The van der Waals surface area contributed by atoms with Gasteiger partial charge in [0.05, 0.1) is 24.8 Å². The Hall–Kier alpha value is -2.67. The monoisotopic (exact) mass is 396 g/mol. The first-order valence-electron chi connectivity index (χ1n) is 10.3. The smallest absolute Gasteiger partial charge is 0.317 e. The number of hydrogen-bond donors (Lipinski definition) is 2. The van der Waals surface area contributed by atoms with Gasteiger partial charge in [0.1, 0.15) is 0 Å².